The second-order valence-corrected chi connectivity index (χ2v) is 8.50. The zero-order valence-corrected chi connectivity index (χ0v) is 18.3. The Morgan fingerprint density at radius 1 is 1.42 bits per heavy atom. The zero-order chi connectivity index (χ0) is 23.2. The smallest absolute Gasteiger partial charge is 0.408 e. The summed E-state index contributed by atoms with van der Waals surface area (Å²) in [4.78, 5) is 37.1. The fourth-order valence-electron chi connectivity index (χ4n) is 3.41. The number of anilines is 1. The molecule has 10 nitrogen and oxygen atoms in total. The summed E-state index contributed by atoms with van der Waals surface area (Å²) in [6, 6.07) is 5.30. The van der Waals surface area contributed by atoms with Crippen LogP contribution < -0.4 is 15.5 Å². The van der Waals surface area contributed by atoms with Gasteiger partial charge in [0.25, 0.3) is 5.69 Å². The number of benzene rings is 1. The van der Waals surface area contributed by atoms with Gasteiger partial charge in [0.1, 0.15) is 17.7 Å². The molecule has 2 N–H and O–H groups in total. The predicted octanol–water partition coefficient (Wildman–Crippen LogP) is 2.85. The number of hydrogen-bond acceptors (Lipinski definition) is 7. The number of non-ortho nitro benzene ring substituents is 1. The Kier molecular flexibility index (Phi) is 7.80. The van der Waals surface area contributed by atoms with E-state index in [-0.39, 0.29) is 23.2 Å². The first kappa shape index (κ1) is 23.9. The summed E-state index contributed by atoms with van der Waals surface area (Å²) in [6.45, 7) is 8.23. The molecule has 1 fully saturated rings. The molecule has 1 aromatic carbocycles. The number of nitriles is 1. The summed E-state index contributed by atoms with van der Waals surface area (Å²) in [6.07, 6.45) is 1.19. The molecule has 10 heteroatoms. The van der Waals surface area contributed by atoms with Gasteiger partial charge < -0.3 is 20.3 Å². The van der Waals surface area contributed by atoms with Crippen LogP contribution in [0.4, 0.5) is 16.2 Å². The lowest BCUT2D eigenvalue weighted by molar-refractivity contribution is -0.384. The number of nitrogens with zero attached hydrogens (tertiary/aromatic N) is 3. The number of alkyl carbamates (subject to hydrolysis) is 1. The van der Waals surface area contributed by atoms with Gasteiger partial charge in [-0.3, -0.25) is 14.9 Å². The second kappa shape index (κ2) is 10.1. The number of rotatable bonds is 7. The minimum Gasteiger partial charge on any atom is -0.444 e. The number of ether oxygens (including phenoxy) is 1. The number of nitro benzene ring substituents is 1. The number of carbonyl (C=O) groups is 2. The minimum absolute atomic E-state index is 0.139. The number of amides is 2. The van der Waals surface area contributed by atoms with E-state index >= 15 is 0 Å². The van der Waals surface area contributed by atoms with Crippen molar-refractivity contribution in [2.24, 2.45) is 0 Å². The van der Waals surface area contributed by atoms with Crippen LogP contribution in [0.1, 0.15) is 52.5 Å². The summed E-state index contributed by atoms with van der Waals surface area (Å²) in [5.41, 5.74) is 0.0189. The molecule has 0 bridgehead atoms. The van der Waals surface area contributed by atoms with E-state index in [1.165, 1.54) is 12.1 Å². The fraction of sp³-hybridized carbons (Fsp3) is 0.571. The van der Waals surface area contributed by atoms with Crippen LogP contribution in [-0.4, -0.2) is 47.7 Å². The molecule has 0 unspecified atom stereocenters. The quantitative estimate of drug-likeness (QED) is 0.500. The van der Waals surface area contributed by atoms with E-state index in [4.69, 9.17) is 4.74 Å². The molecule has 0 aromatic heterocycles. The normalized spacial score (nSPS) is 16.9. The third-order valence-electron chi connectivity index (χ3n) is 4.77. The highest BCUT2D eigenvalue weighted by Gasteiger charge is 2.30. The van der Waals surface area contributed by atoms with Crippen LogP contribution in [0.15, 0.2) is 18.2 Å². The van der Waals surface area contributed by atoms with E-state index in [1.807, 2.05) is 17.9 Å². The third kappa shape index (κ3) is 6.84. The van der Waals surface area contributed by atoms with Crippen molar-refractivity contribution in [1.82, 2.24) is 10.6 Å². The predicted molar refractivity (Wildman–Crippen MR) is 115 cm³/mol. The molecule has 1 aliphatic rings. The topological polar surface area (TPSA) is 138 Å². The van der Waals surface area contributed by atoms with Gasteiger partial charge in [0.05, 0.1) is 16.2 Å². The van der Waals surface area contributed by atoms with Crippen LogP contribution in [0.25, 0.3) is 0 Å². The van der Waals surface area contributed by atoms with Gasteiger partial charge in [0.15, 0.2) is 0 Å². The van der Waals surface area contributed by atoms with Crippen molar-refractivity contribution in [1.29, 1.82) is 5.26 Å². The van der Waals surface area contributed by atoms with Crippen LogP contribution in [0.2, 0.25) is 0 Å². The van der Waals surface area contributed by atoms with Gasteiger partial charge in [-0.2, -0.15) is 5.26 Å². The first-order valence-corrected chi connectivity index (χ1v) is 10.3. The Labute approximate surface area is 181 Å². The maximum Gasteiger partial charge on any atom is 0.408 e. The van der Waals surface area contributed by atoms with Gasteiger partial charge in [0, 0.05) is 31.3 Å². The average molecular weight is 431 g/mol. The van der Waals surface area contributed by atoms with E-state index in [9.17, 15) is 25.0 Å². The zero-order valence-electron chi connectivity index (χ0n) is 18.3. The van der Waals surface area contributed by atoms with Gasteiger partial charge in [0.2, 0.25) is 5.91 Å². The molecule has 1 saturated heterocycles. The summed E-state index contributed by atoms with van der Waals surface area (Å²) in [7, 11) is 0. The van der Waals surface area contributed by atoms with Crippen LogP contribution in [-0.2, 0) is 9.53 Å². The monoisotopic (exact) mass is 431 g/mol. The first-order valence-electron chi connectivity index (χ1n) is 10.3. The van der Waals surface area contributed by atoms with Crippen molar-refractivity contribution in [2.45, 2.75) is 64.6 Å². The van der Waals surface area contributed by atoms with E-state index in [1.54, 1.807) is 26.8 Å². The molecular formula is C21H29N5O5. The highest BCUT2D eigenvalue weighted by Crippen LogP contribution is 2.28. The number of nitrogens with one attached hydrogen (secondary N) is 2. The van der Waals surface area contributed by atoms with Crippen molar-refractivity contribution in [3.05, 3.63) is 33.9 Å². The summed E-state index contributed by atoms with van der Waals surface area (Å²) >= 11 is 0. The molecule has 168 valence electrons. The molecule has 31 heavy (non-hydrogen) atoms. The minimum atomic E-state index is -0.706. The SMILES string of the molecule is CCC[C@H](NC(=O)OC(C)(C)C)C(=O)N[C@H]1CCN(c2ccc([N+](=O)[O-])cc2C#N)C1. The van der Waals surface area contributed by atoms with Crippen LogP contribution in [0, 0.1) is 21.4 Å². The summed E-state index contributed by atoms with van der Waals surface area (Å²) < 4.78 is 5.24. The number of hydrogen-bond donors (Lipinski definition) is 2. The van der Waals surface area contributed by atoms with Crippen LogP contribution in [0.3, 0.4) is 0 Å². The van der Waals surface area contributed by atoms with Gasteiger partial charge in [-0.05, 0) is 39.7 Å². The van der Waals surface area contributed by atoms with Crippen molar-refractivity contribution < 1.29 is 19.2 Å². The largest absolute Gasteiger partial charge is 0.444 e. The van der Waals surface area contributed by atoms with E-state index in [0.29, 0.717) is 38.0 Å². The maximum atomic E-state index is 12.7. The van der Waals surface area contributed by atoms with E-state index in [0.717, 1.165) is 0 Å². The molecule has 2 amide bonds. The molecule has 0 spiro atoms. The maximum absolute atomic E-state index is 12.7. The van der Waals surface area contributed by atoms with Gasteiger partial charge >= 0.3 is 6.09 Å². The molecule has 1 aliphatic heterocycles. The Bertz CT molecular complexity index is 874. The molecule has 0 radical (unpaired) electrons. The molecule has 2 atom stereocenters. The Balaban J connectivity index is 2.01. The molecule has 2 rings (SSSR count). The van der Waals surface area contributed by atoms with Crippen LogP contribution in [0.5, 0.6) is 0 Å². The lowest BCUT2D eigenvalue weighted by Gasteiger charge is -2.24. The van der Waals surface area contributed by atoms with E-state index < -0.39 is 22.7 Å². The summed E-state index contributed by atoms with van der Waals surface area (Å²) in [5.74, 6) is -0.288. The van der Waals surface area contributed by atoms with Crippen molar-refractivity contribution in [3.63, 3.8) is 0 Å². The Morgan fingerprint density at radius 2 is 2.13 bits per heavy atom. The summed E-state index contributed by atoms with van der Waals surface area (Å²) in [5, 5.41) is 25.9. The third-order valence-corrected chi connectivity index (χ3v) is 4.77. The average Bonchev–Trinajstić information content (AvgIpc) is 3.13. The van der Waals surface area contributed by atoms with Crippen molar-refractivity contribution in [3.8, 4) is 6.07 Å². The standard InChI is InChI=1S/C21H29N5O5/c1-5-6-17(24-20(28)31-21(2,3)4)19(27)23-15-9-10-25(13-15)18-8-7-16(26(29)30)11-14(18)12-22/h7-8,11,15,17H,5-6,9-10,13H2,1-4H3,(H,23,27)(H,24,28)/t15-,17-/m0/s1. The van der Waals surface area contributed by atoms with Gasteiger partial charge in [-0.25, -0.2) is 4.79 Å². The van der Waals surface area contributed by atoms with Crippen molar-refractivity contribution in [2.75, 3.05) is 18.0 Å². The second-order valence-electron chi connectivity index (χ2n) is 8.50. The van der Waals surface area contributed by atoms with E-state index in [2.05, 4.69) is 10.6 Å². The lowest BCUT2D eigenvalue weighted by atomic mass is 10.1. The fourth-order valence-corrected chi connectivity index (χ4v) is 3.41. The lowest BCUT2D eigenvalue weighted by Crippen LogP contribution is -2.51. The molecule has 0 aliphatic carbocycles. The highest BCUT2D eigenvalue weighted by molar-refractivity contribution is 5.86. The number of carbonyl (C=O) groups excluding carboxylic acids is 2. The Hall–Kier alpha value is -3.35. The number of nitro groups is 1. The van der Waals surface area contributed by atoms with Crippen LogP contribution >= 0.6 is 0 Å². The molecular weight excluding hydrogens is 402 g/mol. The molecule has 1 aromatic rings. The van der Waals surface area contributed by atoms with Crippen molar-refractivity contribution >= 4 is 23.4 Å². The molecule has 0 saturated carbocycles. The highest BCUT2D eigenvalue weighted by atomic mass is 16.6. The first-order chi connectivity index (χ1) is 14.5. The molecule has 1 heterocycles. The Morgan fingerprint density at radius 3 is 2.71 bits per heavy atom. The van der Waals surface area contributed by atoms with Gasteiger partial charge in [-0.15, -0.1) is 0 Å². The van der Waals surface area contributed by atoms with Gasteiger partial charge in [-0.1, -0.05) is 13.3 Å².